The Morgan fingerprint density at radius 2 is 1.65 bits per heavy atom. The molecule has 0 aliphatic heterocycles. The molecule has 0 aliphatic rings. The second kappa shape index (κ2) is 6.49. The standard InChI is InChI=1S/C13H18F3NOS2/c1-9(17-20(18)12(2,3)4)10-5-7-11(8-6-10)19-13(14,15)16/h5-9,17H,1-4H3. The molecule has 2 unspecified atom stereocenters. The van der Waals surface area contributed by atoms with Gasteiger partial charge in [0.1, 0.15) is 0 Å². The van der Waals surface area contributed by atoms with Crippen LogP contribution in [0.15, 0.2) is 29.2 Å². The monoisotopic (exact) mass is 325 g/mol. The molecule has 0 aliphatic carbocycles. The summed E-state index contributed by atoms with van der Waals surface area (Å²) in [5, 5.41) is 0. The molecule has 0 radical (unpaired) electrons. The summed E-state index contributed by atoms with van der Waals surface area (Å²) in [6, 6.07) is 5.88. The third kappa shape index (κ3) is 5.85. The van der Waals surface area contributed by atoms with Crippen LogP contribution in [-0.2, 0) is 11.0 Å². The zero-order valence-corrected chi connectivity index (χ0v) is 13.4. The van der Waals surface area contributed by atoms with Crippen molar-refractivity contribution in [1.82, 2.24) is 4.72 Å². The molecule has 7 heteroatoms. The van der Waals surface area contributed by atoms with Gasteiger partial charge in [0.15, 0.2) is 0 Å². The van der Waals surface area contributed by atoms with Gasteiger partial charge >= 0.3 is 5.51 Å². The lowest BCUT2D eigenvalue weighted by Crippen LogP contribution is -2.34. The Kier molecular flexibility index (Phi) is 5.69. The lowest BCUT2D eigenvalue weighted by Gasteiger charge is -2.22. The lowest BCUT2D eigenvalue weighted by atomic mass is 10.1. The summed E-state index contributed by atoms with van der Waals surface area (Å²) in [7, 11) is -1.22. The van der Waals surface area contributed by atoms with Crippen LogP contribution in [-0.4, -0.2) is 14.5 Å². The van der Waals surface area contributed by atoms with Crippen molar-refractivity contribution in [1.29, 1.82) is 0 Å². The van der Waals surface area contributed by atoms with E-state index in [0.29, 0.717) is 0 Å². The van der Waals surface area contributed by atoms with E-state index in [1.54, 1.807) is 12.1 Å². The van der Waals surface area contributed by atoms with Crippen LogP contribution in [0, 0.1) is 0 Å². The normalized spacial score (nSPS) is 15.9. The zero-order chi connectivity index (χ0) is 15.6. The Morgan fingerprint density at radius 3 is 2.05 bits per heavy atom. The van der Waals surface area contributed by atoms with E-state index < -0.39 is 16.5 Å². The van der Waals surface area contributed by atoms with Crippen molar-refractivity contribution in [3.8, 4) is 0 Å². The predicted molar refractivity (Wildman–Crippen MR) is 77.8 cm³/mol. The van der Waals surface area contributed by atoms with Crippen molar-refractivity contribution in [2.45, 2.75) is 48.9 Å². The van der Waals surface area contributed by atoms with Crippen molar-refractivity contribution >= 4 is 22.7 Å². The Hall–Kier alpha value is -0.530. The molecule has 2 nitrogen and oxygen atoms in total. The molecule has 0 heterocycles. The summed E-state index contributed by atoms with van der Waals surface area (Å²) in [4.78, 5) is 0.144. The molecule has 20 heavy (non-hydrogen) atoms. The summed E-state index contributed by atoms with van der Waals surface area (Å²) in [6.07, 6.45) is 0. The molecular weight excluding hydrogens is 307 g/mol. The summed E-state index contributed by atoms with van der Waals surface area (Å²) in [6.45, 7) is 7.39. The summed E-state index contributed by atoms with van der Waals surface area (Å²) in [5.41, 5.74) is -3.48. The minimum Gasteiger partial charge on any atom is -0.242 e. The number of nitrogens with one attached hydrogen (secondary N) is 1. The Bertz CT molecular complexity index is 466. The van der Waals surface area contributed by atoms with Gasteiger partial charge in [-0.1, -0.05) is 12.1 Å². The third-order valence-corrected chi connectivity index (χ3v) is 4.87. The first-order valence-corrected chi connectivity index (χ1v) is 7.99. The zero-order valence-electron chi connectivity index (χ0n) is 11.7. The highest BCUT2D eigenvalue weighted by molar-refractivity contribution is 8.00. The maximum absolute atomic E-state index is 12.2. The van der Waals surface area contributed by atoms with E-state index in [2.05, 4.69) is 4.72 Å². The average Bonchev–Trinajstić information content (AvgIpc) is 2.26. The van der Waals surface area contributed by atoms with E-state index in [4.69, 9.17) is 0 Å². The summed E-state index contributed by atoms with van der Waals surface area (Å²) < 4.78 is 51.2. The van der Waals surface area contributed by atoms with Gasteiger partial charge in [-0.25, -0.2) is 8.93 Å². The number of benzene rings is 1. The van der Waals surface area contributed by atoms with Gasteiger partial charge in [-0.3, -0.25) is 0 Å². The van der Waals surface area contributed by atoms with Crippen LogP contribution in [0.4, 0.5) is 13.2 Å². The molecule has 1 aromatic rings. The smallest absolute Gasteiger partial charge is 0.242 e. The fourth-order valence-electron chi connectivity index (χ4n) is 1.36. The van der Waals surface area contributed by atoms with Crippen LogP contribution >= 0.6 is 11.8 Å². The topological polar surface area (TPSA) is 29.1 Å². The van der Waals surface area contributed by atoms with Crippen LogP contribution in [0.3, 0.4) is 0 Å². The number of halogens is 3. The second-order valence-corrected chi connectivity index (χ2v) is 8.47. The maximum Gasteiger partial charge on any atom is 0.446 e. The first kappa shape index (κ1) is 17.5. The number of alkyl halides is 3. The van der Waals surface area contributed by atoms with Crippen molar-refractivity contribution in [2.75, 3.05) is 0 Å². The van der Waals surface area contributed by atoms with Crippen molar-refractivity contribution in [2.24, 2.45) is 0 Å². The highest BCUT2D eigenvalue weighted by Gasteiger charge is 2.29. The Labute approximate surface area is 124 Å². The largest absolute Gasteiger partial charge is 0.446 e. The SMILES string of the molecule is CC(NS(=O)C(C)(C)C)c1ccc(SC(F)(F)F)cc1. The Morgan fingerprint density at radius 1 is 1.15 bits per heavy atom. The van der Waals surface area contributed by atoms with Gasteiger partial charge in [0.05, 0.1) is 15.7 Å². The number of hydrogen-bond acceptors (Lipinski definition) is 2. The molecule has 0 aromatic heterocycles. The van der Waals surface area contributed by atoms with Crippen LogP contribution < -0.4 is 4.72 Å². The van der Waals surface area contributed by atoms with Gasteiger partial charge in [0.25, 0.3) is 0 Å². The van der Waals surface area contributed by atoms with Crippen LogP contribution in [0.25, 0.3) is 0 Å². The number of thioether (sulfide) groups is 1. The molecule has 2 atom stereocenters. The molecule has 0 spiro atoms. The first-order valence-electron chi connectivity index (χ1n) is 6.03. The third-order valence-electron chi connectivity index (χ3n) is 2.45. The maximum atomic E-state index is 12.2. The minimum atomic E-state index is -4.28. The van der Waals surface area contributed by atoms with E-state index in [-0.39, 0.29) is 27.4 Å². The predicted octanol–water partition coefficient (Wildman–Crippen LogP) is 4.41. The number of hydrogen-bond donors (Lipinski definition) is 1. The molecule has 0 bridgehead atoms. The fourth-order valence-corrected chi connectivity index (χ4v) is 2.71. The highest BCUT2D eigenvalue weighted by Crippen LogP contribution is 2.37. The molecule has 0 fully saturated rings. The molecule has 0 amide bonds. The minimum absolute atomic E-state index is 0.141. The molecule has 1 rings (SSSR count). The van der Waals surface area contributed by atoms with E-state index in [0.717, 1.165) is 5.56 Å². The quantitative estimate of drug-likeness (QED) is 0.831. The molecule has 0 saturated heterocycles. The lowest BCUT2D eigenvalue weighted by molar-refractivity contribution is -0.0328. The summed E-state index contributed by atoms with van der Waals surface area (Å²) in [5.74, 6) is 0. The van der Waals surface area contributed by atoms with Gasteiger partial charge in [-0.05, 0) is 57.2 Å². The average molecular weight is 325 g/mol. The molecule has 1 aromatic carbocycles. The van der Waals surface area contributed by atoms with Crippen molar-refractivity contribution in [3.05, 3.63) is 29.8 Å². The number of rotatable bonds is 4. The van der Waals surface area contributed by atoms with E-state index >= 15 is 0 Å². The van der Waals surface area contributed by atoms with E-state index in [1.807, 2.05) is 27.7 Å². The molecule has 1 N–H and O–H groups in total. The van der Waals surface area contributed by atoms with Gasteiger partial charge in [-0.2, -0.15) is 13.2 Å². The molecular formula is C13H18F3NOS2. The van der Waals surface area contributed by atoms with E-state index in [9.17, 15) is 17.4 Å². The first-order chi connectivity index (χ1) is 8.99. The van der Waals surface area contributed by atoms with Gasteiger partial charge in [0.2, 0.25) is 0 Å². The molecule has 0 saturated carbocycles. The van der Waals surface area contributed by atoms with E-state index in [1.165, 1.54) is 12.1 Å². The van der Waals surface area contributed by atoms with Gasteiger partial charge in [-0.15, -0.1) is 0 Å². The van der Waals surface area contributed by atoms with Crippen LogP contribution in [0.5, 0.6) is 0 Å². The van der Waals surface area contributed by atoms with Crippen LogP contribution in [0.1, 0.15) is 39.3 Å². The highest BCUT2D eigenvalue weighted by atomic mass is 32.2. The Balaban J connectivity index is 2.71. The fraction of sp³-hybridized carbons (Fsp3) is 0.538. The van der Waals surface area contributed by atoms with Gasteiger partial charge < -0.3 is 0 Å². The summed E-state index contributed by atoms with van der Waals surface area (Å²) >= 11 is -0.141. The molecule has 114 valence electrons. The van der Waals surface area contributed by atoms with Crippen LogP contribution in [0.2, 0.25) is 0 Å². The van der Waals surface area contributed by atoms with Crippen molar-refractivity contribution < 1.29 is 17.4 Å². The van der Waals surface area contributed by atoms with Gasteiger partial charge in [0, 0.05) is 10.9 Å². The second-order valence-electron chi connectivity index (χ2n) is 5.34. The van der Waals surface area contributed by atoms with Crippen molar-refractivity contribution in [3.63, 3.8) is 0 Å².